The maximum Gasteiger partial charge on any atom is 0.257 e. The molecule has 2 rings (SSSR count). The fourth-order valence-corrected chi connectivity index (χ4v) is 2.01. The monoisotopic (exact) mass is 277 g/mol. The number of hydrogen-bond donors (Lipinski definition) is 1. The van der Waals surface area contributed by atoms with Gasteiger partial charge in [0.25, 0.3) is 11.1 Å². The van der Waals surface area contributed by atoms with E-state index in [4.69, 9.17) is 4.42 Å². The average Bonchev–Trinajstić information content (AvgIpc) is 2.84. The molecule has 19 heavy (non-hydrogen) atoms. The van der Waals surface area contributed by atoms with Crippen molar-refractivity contribution in [3.05, 3.63) is 24.3 Å². The zero-order chi connectivity index (χ0) is 13.5. The average molecular weight is 277 g/mol. The van der Waals surface area contributed by atoms with Crippen molar-refractivity contribution in [3.63, 3.8) is 0 Å². The van der Waals surface area contributed by atoms with Gasteiger partial charge in [0.1, 0.15) is 5.52 Å². The van der Waals surface area contributed by atoms with Crippen LogP contribution in [0.15, 0.2) is 39.0 Å². The number of para-hydroxylation sites is 2. The van der Waals surface area contributed by atoms with Crippen molar-refractivity contribution in [2.24, 2.45) is 5.10 Å². The van der Waals surface area contributed by atoms with Crippen molar-refractivity contribution < 1.29 is 9.21 Å². The van der Waals surface area contributed by atoms with Crippen molar-refractivity contribution in [2.45, 2.75) is 25.0 Å². The zero-order valence-electron chi connectivity index (χ0n) is 10.6. The van der Waals surface area contributed by atoms with E-state index in [-0.39, 0.29) is 11.7 Å². The second-order valence-corrected chi connectivity index (χ2v) is 4.80. The lowest BCUT2D eigenvalue weighted by molar-refractivity contribution is -0.118. The first-order chi connectivity index (χ1) is 9.29. The second-order valence-electron chi connectivity index (χ2n) is 3.87. The molecule has 0 fully saturated rings. The number of oxazole rings is 1. The van der Waals surface area contributed by atoms with Crippen LogP contribution < -0.4 is 5.43 Å². The Labute approximate surface area is 115 Å². The molecule has 1 aromatic heterocycles. The van der Waals surface area contributed by atoms with Crippen molar-refractivity contribution in [1.29, 1.82) is 0 Å². The van der Waals surface area contributed by atoms with Crippen LogP contribution >= 0.6 is 11.8 Å². The van der Waals surface area contributed by atoms with Gasteiger partial charge in [-0.3, -0.25) is 4.79 Å². The smallest absolute Gasteiger partial charge is 0.257 e. The molecule has 1 N–H and O–H groups in total. The van der Waals surface area contributed by atoms with Gasteiger partial charge in [-0.1, -0.05) is 37.2 Å². The third-order valence-corrected chi connectivity index (χ3v) is 3.13. The third kappa shape index (κ3) is 4.10. The standard InChI is InChI=1S/C13H15N3O2S/c1-2-3-8-14-16-12(17)9-19-13-15-10-6-4-5-7-11(10)18-13/h4-8H,2-3,9H2,1H3,(H,16,17)/b14-8+. The Morgan fingerprint density at radius 2 is 2.37 bits per heavy atom. The SMILES string of the molecule is CCC/C=N/NC(=O)CSc1nc2ccccc2o1. The van der Waals surface area contributed by atoms with Gasteiger partial charge >= 0.3 is 0 Å². The summed E-state index contributed by atoms with van der Waals surface area (Å²) in [4.78, 5) is 15.8. The summed E-state index contributed by atoms with van der Waals surface area (Å²) in [6.07, 6.45) is 3.57. The van der Waals surface area contributed by atoms with Gasteiger partial charge in [-0.05, 0) is 18.6 Å². The number of carbonyl (C=O) groups is 1. The van der Waals surface area contributed by atoms with Crippen molar-refractivity contribution in [1.82, 2.24) is 10.4 Å². The van der Waals surface area contributed by atoms with Crippen LogP contribution in [-0.2, 0) is 4.79 Å². The molecule has 5 nitrogen and oxygen atoms in total. The highest BCUT2D eigenvalue weighted by Gasteiger charge is 2.08. The minimum Gasteiger partial charge on any atom is -0.431 e. The number of fused-ring (bicyclic) bond motifs is 1. The molecule has 0 spiro atoms. The molecule has 0 saturated heterocycles. The molecule has 0 aliphatic carbocycles. The Morgan fingerprint density at radius 3 is 3.16 bits per heavy atom. The number of unbranched alkanes of at least 4 members (excludes halogenated alkanes) is 1. The number of amides is 1. The Bertz CT molecular complexity index is 547. The van der Waals surface area contributed by atoms with Gasteiger partial charge in [0.2, 0.25) is 0 Å². The molecule has 1 heterocycles. The van der Waals surface area contributed by atoms with E-state index in [0.29, 0.717) is 5.22 Å². The maximum atomic E-state index is 11.5. The Balaban J connectivity index is 1.83. The third-order valence-electron chi connectivity index (χ3n) is 2.30. The highest BCUT2D eigenvalue weighted by molar-refractivity contribution is 7.99. The van der Waals surface area contributed by atoms with E-state index in [2.05, 4.69) is 22.4 Å². The van der Waals surface area contributed by atoms with Crippen LogP contribution in [0.3, 0.4) is 0 Å². The van der Waals surface area contributed by atoms with Crippen molar-refractivity contribution in [3.8, 4) is 0 Å². The molecular formula is C13H15N3O2S. The molecular weight excluding hydrogens is 262 g/mol. The van der Waals surface area contributed by atoms with E-state index in [1.165, 1.54) is 11.8 Å². The summed E-state index contributed by atoms with van der Waals surface area (Å²) in [7, 11) is 0. The number of carbonyl (C=O) groups excluding carboxylic acids is 1. The second kappa shape index (κ2) is 6.94. The Hall–Kier alpha value is -1.82. The number of thioether (sulfide) groups is 1. The van der Waals surface area contributed by atoms with Gasteiger partial charge in [-0.2, -0.15) is 5.10 Å². The fourth-order valence-electron chi connectivity index (χ4n) is 1.38. The van der Waals surface area contributed by atoms with Crippen LogP contribution in [0.2, 0.25) is 0 Å². The van der Waals surface area contributed by atoms with E-state index in [1.54, 1.807) is 6.21 Å². The number of nitrogens with zero attached hydrogens (tertiary/aromatic N) is 2. The molecule has 0 bridgehead atoms. The van der Waals surface area contributed by atoms with Crippen LogP contribution in [0.4, 0.5) is 0 Å². The highest BCUT2D eigenvalue weighted by atomic mass is 32.2. The first-order valence-corrected chi connectivity index (χ1v) is 7.07. The summed E-state index contributed by atoms with van der Waals surface area (Å²) in [5.74, 6) is 0.0654. The maximum absolute atomic E-state index is 11.5. The molecule has 6 heteroatoms. The lowest BCUT2D eigenvalue weighted by atomic mass is 10.3. The fraction of sp³-hybridized carbons (Fsp3) is 0.308. The van der Waals surface area contributed by atoms with Crippen molar-refractivity contribution >= 4 is 35.0 Å². The predicted octanol–water partition coefficient (Wildman–Crippen LogP) is 2.82. The van der Waals surface area contributed by atoms with E-state index >= 15 is 0 Å². The van der Waals surface area contributed by atoms with Gasteiger partial charge < -0.3 is 4.42 Å². The van der Waals surface area contributed by atoms with E-state index in [0.717, 1.165) is 23.9 Å². The highest BCUT2D eigenvalue weighted by Crippen LogP contribution is 2.22. The molecule has 2 aromatic rings. The van der Waals surface area contributed by atoms with Crippen LogP contribution in [0, 0.1) is 0 Å². The molecule has 0 aliphatic heterocycles. The molecule has 1 amide bonds. The van der Waals surface area contributed by atoms with Crippen molar-refractivity contribution in [2.75, 3.05) is 5.75 Å². The molecule has 100 valence electrons. The van der Waals surface area contributed by atoms with E-state index in [1.807, 2.05) is 24.3 Å². The molecule has 0 saturated carbocycles. The van der Waals surface area contributed by atoms with Gasteiger partial charge in [0.15, 0.2) is 5.58 Å². The summed E-state index contributed by atoms with van der Waals surface area (Å²) in [6, 6.07) is 7.51. The number of rotatable bonds is 6. The molecule has 0 unspecified atom stereocenters. The zero-order valence-corrected chi connectivity index (χ0v) is 11.4. The summed E-state index contributed by atoms with van der Waals surface area (Å²) in [5, 5.41) is 4.32. The summed E-state index contributed by atoms with van der Waals surface area (Å²) in [5.41, 5.74) is 3.99. The number of benzene rings is 1. The lowest BCUT2D eigenvalue weighted by Gasteiger charge is -1.96. The van der Waals surface area contributed by atoms with Gasteiger partial charge in [0, 0.05) is 6.21 Å². The van der Waals surface area contributed by atoms with Gasteiger partial charge in [0.05, 0.1) is 5.75 Å². The summed E-state index contributed by atoms with van der Waals surface area (Å²) in [6.45, 7) is 2.05. The predicted molar refractivity (Wildman–Crippen MR) is 76.3 cm³/mol. The molecule has 0 atom stereocenters. The molecule has 0 radical (unpaired) electrons. The lowest BCUT2D eigenvalue weighted by Crippen LogP contribution is -2.19. The minimum absolute atomic E-state index is 0.167. The molecule has 0 aliphatic rings. The van der Waals surface area contributed by atoms with E-state index in [9.17, 15) is 4.79 Å². The quantitative estimate of drug-likeness (QED) is 0.501. The van der Waals surface area contributed by atoms with Crippen LogP contribution in [0.1, 0.15) is 19.8 Å². The number of aromatic nitrogens is 1. The first-order valence-electron chi connectivity index (χ1n) is 6.08. The first kappa shape index (κ1) is 13.6. The number of nitrogens with one attached hydrogen (secondary N) is 1. The van der Waals surface area contributed by atoms with Gasteiger partial charge in [-0.15, -0.1) is 0 Å². The normalized spacial score (nSPS) is 11.2. The topological polar surface area (TPSA) is 67.5 Å². The van der Waals surface area contributed by atoms with Crippen LogP contribution in [0.25, 0.3) is 11.1 Å². The van der Waals surface area contributed by atoms with Gasteiger partial charge in [-0.25, -0.2) is 10.4 Å². The van der Waals surface area contributed by atoms with Crippen LogP contribution in [-0.4, -0.2) is 22.9 Å². The Morgan fingerprint density at radius 1 is 1.53 bits per heavy atom. The summed E-state index contributed by atoms with van der Waals surface area (Å²) < 4.78 is 5.49. The number of hydrogen-bond acceptors (Lipinski definition) is 5. The largest absolute Gasteiger partial charge is 0.431 e. The van der Waals surface area contributed by atoms with Crippen LogP contribution in [0.5, 0.6) is 0 Å². The minimum atomic E-state index is -0.167. The summed E-state index contributed by atoms with van der Waals surface area (Å²) >= 11 is 1.25. The molecule has 1 aromatic carbocycles. The number of hydrazone groups is 1. The van der Waals surface area contributed by atoms with E-state index < -0.39 is 0 Å². The Kier molecular flexibility index (Phi) is 4.97.